The molecule has 1 amide bonds. The van der Waals surface area contributed by atoms with Crippen molar-refractivity contribution in [2.75, 3.05) is 26.2 Å². The number of aryl methyl sites for hydroxylation is 1. The Labute approximate surface area is 157 Å². The molecule has 4 nitrogen and oxygen atoms in total. The van der Waals surface area contributed by atoms with Gasteiger partial charge < -0.3 is 10.2 Å². The standard InChI is InChI=1S/C20H35N3OS/c1-14-11-15(2)13-23(12-14)10-8-7-9-21-18(24)17-16(3)22-19(25-17)20(4,5)6/h14-15H,7-13H2,1-6H3,(H,21,24). The molecule has 1 aromatic rings. The number of piperidine rings is 1. The van der Waals surface area contributed by atoms with Gasteiger partial charge >= 0.3 is 0 Å². The third-order valence-corrected chi connectivity index (χ3v) is 6.36. The second kappa shape index (κ2) is 8.63. The fraction of sp³-hybridized carbons (Fsp3) is 0.800. The molecule has 0 radical (unpaired) electrons. The quantitative estimate of drug-likeness (QED) is 0.767. The molecule has 1 saturated heterocycles. The number of nitrogens with one attached hydrogen (secondary N) is 1. The first-order chi connectivity index (χ1) is 11.7. The highest BCUT2D eigenvalue weighted by Gasteiger charge is 2.23. The second-order valence-electron chi connectivity index (χ2n) is 8.85. The molecule has 0 spiro atoms. The van der Waals surface area contributed by atoms with Crippen LogP contribution >= 0.6 is 11.3 Å². The van der Waals surface area contributed by atoms with E-state index in [-0.39, 0.29) is 11.3 Å². The Kier molecular flexibility index (Phi) is 7.03. The van der Waals surface area contributed by atoms with Crippen LogP contribution in [0, 0.1) is 18.8 Å². The summed E-state index contributed by atoms with van der Waals surface area (Å²) in [6.07, 6.45) is 3.54. The van der Waals surface area contributed by atoms with Crippen molar-refractivity contribution < 1.29 is 4.79 Å². The van der Waals surface area contributed by atoms with Crippen molar-refractivity contribution >= 4 is 17.2 Å². The van der Waals surface area contributed by atoms with Gasteiger partial charge in [0.2, 0.25) is 0 Å². The van der Waals surface area contributed by atoms with Gasteiger partial charge in [0.15, 0.2) is 0 Å². The van der Waals surface area contributed by atoms with Crippen LogP contribution in [0.15, 0.2) is 0 Å². The van der Waals surface area contributed by atoms with Crippen LogP contribution in [0.4, 0.5) is 0 Å². The smallest absolute Gasteiger partial charge is 0.263 e. The molecule has 5 heteroatoms. The minimum atomic E-state index is -0.00330. The Bertz CT molecular complexity index is 566. The monoisotopic (exact) mass is 365 g/mol. The summed E-state index contributed by atoms with van der Waals surface area (Å²) in [6, 6.07) is 0. The molecule has 0 saturated carbocycles. The molecule has 2 heterocycles. The molecular weight excluding hydrogens is 330 g/mol. The zero-order valence-corrected chi connectivity index (χ0v) is 17.6. The van der Waals surface area contributed by atoms with Crippen LogP contribution in [-0.2, 0) is 5.41 Å². The summed E-state index contributed by atoms with van der Waals surface area (Å²) in [7, 11) is 0. The molecule has 2 rings (SSSR count). The van der Waals surface area contributed by atoms with Gasteiger partial charge in [-0.1, -0.05) is 34.6 Å². The Morgan fingerprint density at radius 3 is 2.44 bits per heavy atom. The molecular formula is C20H35N3OS. The van der Waals surface area contributed by atoms with E-state index in [1.165, 1.54) is 30.8 Å². The minimum absolute atomic E-state index is 0.00330. The largest absolute Gasteiger partial charge is 0.351 e. The maximum absolute atomic E-state index is 12.4. The van der Waals surface area contributed by atoms with Crippen molar-refractivity contribution in [3.63, 3.8) is 0 Å². The lowest BCUT2D eigenvalue weighted by Gasteiger charge is -2.34. The number of amides is 1. The maximum Gasteiger partial charge on any atom is 0.263 e. The van der Waals surface area contributed by atoms with Crippen LogP contribution < -0.4 is 5.32 Å². The molecule has 1 fully saturated rings. The zero-order valence-electron chi connectivity index (χ0n) is 16.8. The predicted octanol–water partition coefficient (Wildman–Crippen LogP) is 4.24. The summed E-state index contributed by atoms with van der Waals surface area (Å²) in [5, 5.41) is 4.10. The lowest BCUT2D eigenvalue weighted by molar-refractivity contribution is 0.0955. The van der Waals surface area contributed by atoms with Crippen molar-refractivity contribution in [2.45, 2.75) is 66.2 Å². The highest BCUT2D eigenvalue weighted by molar-refractivity contribution is 7.14. The Balaban J connectivity index is 1.71. The first-order valence-electron chi connectivity index (χ1n) is 9.65. The number of unbranched alkanes of at least 4 members (excludes halogenated alkanes) is 1. The predicted molar refractivity (Wildman–Crippen MR) is 107 cm³/mol. The van der Waals surface area contributed by atoms with Gasteiger partial charge in [-0.05, 0) is 44.6 Å². The molecule has 1 N–H and O–H groups in total. The maximum atomic E-state index is 12.4. The second-order valence-corrected chi connectivity index (χ2v) is 9.85. The van der Waals surface area contributed by atoms with Gasteiger partial charge in [0, 0.05) is 25.0 Å². The topological polar surface area (TPSA) is 45.2 Å². The van der Waals surface area contributed by atoms with E-state index in [1.807, 2.05) is 6.92 Å². The van der Waals surface area contributed by atoms with Crippen LogP contribution in [-0.4, -0.2) is 42.0 Å². The van der Waals surface area contributed by atoms with Crippen molar-refractivity contribution in [1.82, 2.24) is 15.2 Å². The van der Waals surface area contributed by atoms with E-state index in [4.69, 9.17) is 0 Å². The summed E-state index contributed by atoms with van der Waals surface area (Å²) < 4.78 is 0. The van der Waals surface area contributed by atoms with E-state index >= 15 is 0 Å². The lowest BCUT2D eigenvalue weighted by Crippen LogP contribution is -2.39. The van der Waals surface area contributed by atoms with Crippen LogP contribution in [0.25, 0.3) is 0 Å². The van der Waals surface area contributed by atoms with Gasteiger partial charge in [-0.2, -0.15) is 0 Å². The number of thiazole rings is 1. The van der Waals surface area contributed by atoms with Gasteiger partial charge in [0.05, 0.1) is 10.7 Å². The Morgan fingerprint density at radius 2 is 1.88 bits per heavy atom. The number of aromatic nitrogens is 1. The van der Waals surface area contributed by atoms with E-state index in [9.17, 15) is 4.79 Å². The third kappa shape index (κ3) is 6.07. The number of carbonyl (C=O) groups excluding carboxylic acids is 1. The molecule has 142 valence electrons. The van der Waals surface area contributed by atoms with Crippen LogP contribution in [0.1, 0.15) is 74.3 Å². The number of likely N-dealkylation sites (tertiary alicyclic amines) is 1. The van der Waals surface area contributed by atoms with E-state index in [0.717, 1.165) is 53.3 Å². The molecule has 0 bridgehead atoms. The average Bonchev–Trinajstić information content (AvgIpc) is 2.88. The van der Waals surface area contributed by atoms with E-state index in [2.05, 4.69) is 49.8 Å². The molecule has 2 atom stereocenters. The summed E-state index contributed by atoms with van der Waals surface area (Å²) >= 11 is 1.53. The average molecular weight is 366 g/mol. The number of nitrogens with zero attached hydrogens (tertiary/aromatic N) is 2. The molecule has 2 unspecified atom stereocenters. The van der Waals surface area contributed by atoms with E-state index in [0.29, 0.717) is 0 Å². The fourth-order valence-electron chi connectivity index (χ4n) is 3.65. The molecule has 1 aromatic heterocycles. The highest BCUT2D eigenvalue weighted by atomic mass is 32.1. The first-order valence-corrected chi connectivity index (χ1v) is 10.5. The normalized spacial score (nSPS) is 22.2. The number of carbonyl (C=O) groups is 1. The van der Waals surface area contributed by atoms with Crippen LogP contribution in [0.5, 0.6) is 0 Å². The van der Waals surface area contributed by atoms with Crippen molar-refractivity contribution in [2.24, 2.45) is 11.8 Å². The molecule has 0 aromatic carbocycles. The Morgan fingerprint density at radius 1 is 1.24 bits per heavy atom. The minimum Gasteiger partial charge on any atom is -0.351 e. The van der Waals surface area contributed by atoms with Gasteiger partial charge in [-0.3, -0.25) is 4.79 Å². The number of rotatable bonds is 6. The van der Waals surface area contributed by atoms with Crippen LogP contribution in [0.3, 0.4) is 0 Å². The van der Waals surface area contributed by atoms with Crippen LogP contribution in [0.2, 0.25) is 0 Å². The van der Waals surface area contributed by atoms with E-state index in [1.54, 1.807) is 0 Å². The van der Waals surface area contributed by atoms with Gasteiger partial charge in [-0.25, -0.2) is 4.98 Å². The summed E-state index contributed by atoms with van der Waals surface area (Å²) in [5.41, 5.74) is 0.847. The van der Waals surface area contributed by atoms with Gasteiger partial charge in [-0.15, -0.1) is 11.3 Å². The fourth-order valence-corrected chi connectivity index (χ4v) is 4.69. The zero-order chi connectivity index (χ0) is 18.6. The molecule has 1 aliphatic heterocycles. The van der Waals surface area contributed by atoms with E-state index < -0.39 is 0 Å². The molecule has 0 aliphatic carbocycles. The molecule has 25 heavy (non-hydrogen) atoms. The lowest BCUT2D eigenvalue weighted by atomic mass is 9.92. The Hall–Kier alpha value is -0.940. The first kappa shape index (κ1) is 20.4. The van der Waals surface area contributed by atoms with Crippen molar-refractivity contribution in [3.8, 4) is 0 Å². The van der Waals surface area contributed by atoms with Crippen molar-refractivity contribution in [3.05, 3.63) is 15.6 Å². The number of hydrogen-bond donors (Lipinski definition) is 1. The molecule has 1 aliphatic rings. The van der Waals surface area contributed by atoms with Crippen molar-refractivity contribution in [1.29, 1.82) is 0 Å². The highest BCUT2D eigenvalue weighted by Crippen LogP contribution is 2.29. The summed E-state index contributed by atoms with van der Waals surface area (Å²) in [4.78, 5) is 20.3. The summed E-state index contributed by atoms with van der Waals surface area (Å²) in [5.74, 6) is 1.66. The summed E-state index contributed by atoms with van der Waals surface area (Å²) in [6.45, 7) is 17.4. The van der Waals surface area contributed by atoms with Gasteiger partial charge in [0.1, 0.15) is 4.88 Å². The third-order valence-electron chi connectivity index (χ3n) is 4.78. The SMILES string of the molecule is Cc1nc(C(C)(C)C)sc1C(=O)NCCCCN1CC(C)CC(C)C1. The number of hydrogen-bond acceptors (Lipinski definition) is 4. The van der Waals surface area contributed by atoms with Gasteiger partial charge in [0.25, 0.3) is 5.91 Å².